The van der Waals surface area contributed by atoms with Gasteiger partial charge in [0.05, 0.1) is 15.2 Å². The zero-order valence-corrected chi connectivity index (χ0v) is 12.8. The van der Waals surface area contributed by atoms with Crippen LogP contribution in [-0.4, -0.2) is 28.0 Å². The van der Waals surface area contributed by atoms with E-state index in [0.717, 1.165) is 29.1 Å². The molecule has 0 atom stereocenters. The smallest absolute Gasteiger partial charge is 0.150 e. The average molecular weight is 294 g/mol. The molecule has 4 nitrogen and oxygen atoms in total. The van der Waals surface area contributed by atoms with Crippen LogP contribution in [0.4, 0.5) is 5.82 Å². The number of hydrogen-bond donors (Lipinski definition) is 1. The highest BCUT2D eigenvalue weighted by atomic mass is 32.1. The molecule has 6 heteroatoms. The molecule has 0 saturated carbocycles. The highest BCUT2D eigenvalue weighted by molar-refractivity contribution is 7.80. The molecule has 2 aromatic rings. The molecule has 0 aliphatic rings. The lowest BCUT2D eigenvalue weighted by Crippen LogP contribution is -2.31. The Kier molecular flexibility index (Phi) is 4.66. The van der Waals surface area contributed by atoms with Gasteiger partial charge in [-0.1, -0.05) is 26.1 Å². The molecule has 2 N–H and O–H groups in total. The quantitative estimate of drug-likeness (QED) is 0.830. The van der Waals surface area contributed by atoms with E-state index in [0.29, 0.717) is 17.3 Å². The molecule has 0 spiro atoms. The van der Waals surface area contributed by atoms with Crippen LogP contribution < -0.4 is 10.6 Å². The van der Waals surface area contributed by atoms with Gasteiger partial charge in [0.2, 0.25) is 0 Å². The lowest BCUT2D eigenvalue weighted by Gasteiger charge is -2.25. The third-order valence-electron chi connectivity index (χ3n) is 2.74. The minimum Gasteiger partial charge on any atom is -0.393 e. The number of aromatic nitrogens is 2. The van der Waals surface area contributed by atoms with E-state index in [9.17, 15) is 0 Å². The van der Waals surface area contributed by atoms with Crippen LogP contribution in [0.25, 0.3) is 10.2 Å². The van der Waals surface area contributed by atoms with E-state index in [-0.39, 0.29) is 0 Å². The molecule has 102 valence electrons. The van der Waals surface area contributed by atoms with Crippen molar-refractivity contribution in [3.8, 4) is 0 Å². The Morgan fingerprint density at radius 2 is 2.26 bits per heavy atom. The molecular formula is C13H18N4S2. The first-order chi connectivity index (χ1) is 9.08. The molecule has 0 aliphatic heterocycles. The van der Waals surface area contributed by atoms with Crippen molar-refractivity contribution in [3.05, 3.63) is 17.8 Å². The minimum atomic E-state index is 0.547. The van der Waals surface area contributed by atoms with Gasteiger partial charge in [-0.15, -0.1) is 11.3 Å². The molecule has 2 rings (SSSR count). The van der Waals surface area contributed by atoms with Crippen LogP contribution in [0.15, 0.2) is 17.8 Å². The molecule has 2 heterocycles. The maximum Gasteiger partial charge on any atom is 0.150 e. The number of nitrogens with two attached hydrogens (primary N) is 1. The molecular weight excluding hydrogens is 276 g/mol. The number of thiocarbonyl (C=S) groups is 1. The van der Waals surface area contributed by atoms with Crippen molar-refractivity contribution in [1.82, 2.24) is 9.97 Å². The summed E-state index contributed by atoms with van der Waals surface area (Å²) in [6.45, 7) is 6.13. The summed E-state index contributed by atoms with van der Waals surface area (Å²) in [6, 6.07) is 2.02. The van der Waals surface area contributed by atoms with Crippen molar-refractivity contribution in [1.29, 1.82) is 0 Å². The Bertz CT molecular complexity index is 565. The van der Waals surface area contributed by atoms with Crippen LogP contribution in [0.2, 0.25) is 0 Å². The number of fused-ring (bicyclic) bond motifs is 1. The van der Waals surface area contributed by atoms with Gasteiger partial charge in [-0.3, -0.25) is 0 Å². The summed E-state index contributed by atoms with van der Waals surface area (Å²) < 4.78 is 1.13. The molecule has 0 radical (unpaired) electrons. The second-order valence-corrected chi connectivity index (χ2v) is 6.33. The summed E-state index contributed by atoms with van der Waals surface area (Å²) in [7, 11) is 0. The monoisotopic (exact) mass is 294 g/mol. The summed E-state index contributed by atoms with van der Waals surface area (Å²) in [5.41, 5.74) is 6.62. The maximum absolute atomic E-state index is 5.62. The first kappa shape index (κ1) is 14.1. The van der Waals surface area contributed by atoms with Gasteiger partial charge in [-0.25, -0.2) is 9.97 Å². The van der Waals surface area contributed by atoms with Gasteiger partial charge < -0.3 is 10.6 Å². The predicted molar refractivity (Wildman–Crippen MR) is 85.9 cm³/mol. The molecule has 2 aromatic heterocycles. The maximum atomic E-state index is 5.62. The molecule has 0 bridgehead atoms. The number of anilines is 1. The van der Waals surface area contributed by atoms with E-state index in [4.69, 9.17) is 18.0 Å². The summed E-state index contributed by atoms with van der Waals surface area (Å²) in [5.74, 6) is 1.54. The molecule has 0 saturated heterocycles. The summed E-state index contributed by atoms with van der Waals surface area (Å²) in [5, 5.41) is 2.05. The molecule has 0 unspecified atom stereocenters. The molecule has 0 fully saturated rings. The van der Waals surface area contributed by atoms with Crippen LogP contribution in [0, 0.1) is 5.92 Å². The topological polar surface area (TPSA) is 55.0 Å². The van der Waals surface area contributed by atoms with Crippen molar-refractivity contribution in [2.24, 2.45) is 11.7 Å². The van der Waals surface area contributed by atoms with Gasteiger partial charge >= 0.3 is 0 Å². The van der Waals surface area contributed by atoms with Crippen LogP contribution in [0.3, 0.4) is 0 Å². The lowest BCUT2D eigenvalue weighted by atomic mass is 10.2. The van der Waals surface area contributed by atoms with E-state index >= 15 is 0 Å². The van der Waals surface area contributed by atoms with Crippen molar-refractivity contribution in [2.45, 2.75) is 20.3 Å². The second kappa shape index (κ2) is 6.25. The first-order valence-corrected chi connectivity index (χ1v) is 7.58. The fourth-order valence-corrected chi connectivity index (χ4v) is 2.92. The fourth-order valence-electron chi connectivity index (χ4n) is 1.97. The van der Waals surface area contributed by atoms with E-state index in [1.165, 1.54) is 0 Å². The van der Waals surface area contributed by atoms with E-state index in [1.54, 1.807) is 17.7 Å². The number of rotatable bonds is 6. The molecule has 0 aromatic carbocycles. The van der Waals surface area contributed by atoms with Gasteiger partial charge in [-0.05, 0) is 17.4 Å². The highest BCUT2D eigenvalue weighted by Crippen LogP contribution is 2.28. The zero-order valence-electron chi connectivity index (χ0n) is 11.2. The van der Waals surface area contributed by atoms with Gasteiger partial charge in [0.15, 0.2) is 0 Å². The van der Waals surface area contributed by atoms with Crippen LogP contribution in [0.1, 0.15) is 20.3 Å². The average Bonchev–Trinajstić information content (AvgIpc) is 2.81. The number of thiophene rings is 1. The third kappa shape index (κ3) is 3.61. The van der Waals surface area contributed by atoms with Crippen LogP contribution in [0.5, 0.6) is 0 Å². The van der Waals surface area contributed by atoms with Crippen LogP contribution >= 0.6 is 23.6 Å². The molecule has 0 amide bonds. The fraction of sp³-hybridized carbons (Fsp3) is 0.462. The third-order valence-corrected chi connectivity index (χ3v) is 3.84. The van der Waals surface area contributed by atoms with Crippen molar-refractivity contribution >= 4 is 44.6 Å². The SMILES string of the molecule is CC(C)CN(CCC(N)=S)c1ncnc2ccsc12. The Morgan fingerprint density at radius 3 is 2.95 bits per heavy atom. The lowest BCUT2D eigenvalue weighted by molar-refractivity contribution is 0.610. The Labute approximate surface area is 122 Å². The zero-order chi connectivity index (χ0) is 13.8. The molecule has 0 aliphatic carbocycles. The standard InChI is InChI=1S/C13H18N4S2/c1-9(2)7-17(5-3-11(14)18)13-12-10(4-6-19-12)15-8-16-13/h4,6,8-9H,3,5,7H2,1-2H3,(H2,14,18). The van der Waals surface area contributed by atoms with Crippen molar-refractivity contribution in [3.63, 3.8) is 0 Å². The highest BCUT2D eigenvalue weighted by Gasteiger charge is 2.14. The number of hydrogen-bond acceptors (Lipinski definition) is 5. The Balaban J connectivity index is 2.30. The minimum absolute atomic E-state index is 0.547. The molecule has 19 heavy (non-hydrogen) atoms. The summed E-state index contributed by atoms with van der Waals surface area (Å²) in [4.78, 5) is 11.5. The van der Waals surface area contributed by atoms with Crippen molar-refractivity contribution in [2.75, 3.05) is 18.0 Å². The Hall–Kier alpha value is -1.27. The van der Waals surface area contributed by atoms with Gasteiger partial charge in [0.1, 0.15) is 12.1 Å². The largest absolute Gasteiger partial charge is 0.393 e. The second-order valence-electron chi connectivity index (χ2n) is 4.89. The predicted octanol–water partition coefficient (Wildman–Crippen LogP) is 2.83. The van der Waals surface area contributed by atoms with E-state index < -0.39 is 0 Å². The van der Waals surface area contributed by atoms with Gasteiger partial charge in [0, 0.05) is 19.5 Å². The van der Waals surface area contributed by atoms with Crippen molar-refractivity contribution < 1.29 is 0 Å². The van der Waals surface area contributed by atoms with E-state index in [2.05, 4.69) is 28.7 Å². The number of nitrogens with zero attached hydrogens (tertiary/aromatic N) is 3. The summed E-state index contributed by atoms with van der Waals surface area (Å²) >= 11 is 6.65. The first-order valence-electron chi connectivity index (χ1n) is 6.29. The van der Waals surface area contributed by atoms with Gasteiger partial charge in [0.25, 0.3) is 0 Å². The van der Waals surface area contributed by atoms with Gasteiger partial charge in [-0.2, -0.15) is 0 Å². The van der Waals surface area contributed by atoms with E-state index in [1.807, 2.05) is 11.4 Å². The van der Waals surface area contributed by atoms with Crippen LogP contribution in [-0.2, 0) is 0 Å². The Morgan fingerprint density at radius 1 is 1.47 bits per heavy atom. The normalized spacial score (nSPS) is 11.1. The summed E-state index contributed by atoms with van der Waals surface area (Å²) in [6.07, 6.45) is 2.33.